The van der Waals surface area contributed by atoms with E-state index in [-0.39, 0.29) is 11.9 Å². The number of carbonyl (C=O) groups is 1. The van der Waals surface area contributed by atoms with Gasteiger partial charge in [-0.15, -0.1) is 0 Å². The van der Waals surface area contributed by atoms with Crippen molar-refractivity contribution in [3.63, 3.8) is 0 Å². The highest BCUT2D eigenvalue weighted by molar-refractivity contribution is 5.76. The van der Waals surface area contributed by atoms with Gasteiger partial charge in [0.1, 0.15) is 0 Å². The van der Waals surface area contributed by atoms with Crippen molar-refractivity contribution in [2.24, 2.45) is 5.92 Å². The zero-order valence-electron chi connectivity index (χ0n) is 13.7. The van der Waals surface area contributed by atoms with Crippen molar-refractivity contribution in [3.05, 3.63) is 0 Å². The number of rotatable bonds is 8. The van der Waals surface area contributed by atoms with Crippen molar-refractivity contribution < 1.29 is 4.79 Å². The number of likely N-dealkylation sites (tertiary alicyclic amines) is 1. The molecule has 0 aromatic heterocycles. The molecule has 20 heavy (non-hydrogen) atoms. The van der Waals surface area contributed by atoms with Crippen LogP contribution in [0.2, 0.25) is 0 Å². The topological polar surface area (TPSA) is 44.4 Å². The molecule has 0 aromatic carbocycles. The van der Waals surface area contributed by atoms with Crippen LogP contribution in [0, 0.1) is 5.92 Å². The number of amides is 1. The lowest BCUT2D eigenvalue weighted by Crippen LogP contribution is -2.43. The van der Waals surface area contributed by atoms with Crippen molar-refractivity contribution >= 4 is 5.91 Å². The number of carbonyl (C=O) groups excluding carboxylic acids is 1. The lowest BCUT2D eigenvalue weighted by Gasteiger charge is -2.35. The Balaban J connectivity index is 2.14. The first-order valence-electron chi connectivity index (χ1n) is 8.28. The summed E-state index contributed by atoms with van der Waals surface area (Å²) in [7, 11) is 0. The van der Waals surface area contributed by atoms with Crippen LogP contribution in [0.4, 0.5) is 0 Å². The molecule has 2 N–H and O–H groups in total. The van der Waals surface area contributed by atoms with Crippen LogP contribution >= 0.6 is 0 Å². The molecule has 4 nitrogen and oxygen atoms in total. The Labute approximate surface area is 124 Å². The second-order valence-electron chi connectivity index (χ2n) is 6.39. The first-order valence-corrected chi connectivity index (χ1v) is 8.28. The molecule has 0 radical (unpaired) electrons. The van der Waals surface area contributed by atoms with Crippen LogP contribution in [0.15, 0.2) is 0 Å². The van der Waals surface area contributed by atoms with E-state index in [0.29, 0.717) is 12.5 Å². The fourth-order valence-electron chi connectivity index (χ4n) is 2.97. The lowest BCUT2D eigenvalue weighted by molar-refractivity contribution is -0.121. The van der Waals surface area contributed by atoms with E-state index >= 15 is 0 Å². The van der Waals surface area contributed by atoms with E-state index in [1.165, 1.54) is 38.9 Å². The standard InChI is InChI=1S/C16H33N3O/c1-5-10-19-11-7-15(8-12-19)14(4)17-9-6-16(20)18-13(2)3/h13-15,17H,5-12H2,1-4H3,(H,18,20). The summed E-state index contributed by atoms with van der Waals surface area (Å²) in [4.78, 5) is 14.1. The molecule has 1 aliphatic heterocycles. The zero-order valence-corrected chi connectivity index (χ0v) is 13.7. The zero-order chi connectivity index (χ0) is 15.0. The van der Waals surface area contributed by atoms with E-state index in [1.54, 1.807) is 0 Å². The predicted octanol–water partition coefficient (Wildman–Crippen LogP) is 2.00. The smallest absolute Gasteiger partial charge is 0.221 e. The molecule has 0 spiro atoms. The van der Waals surface area contributed by atoms with E-state index in [4.69, 9.17) is 0 Å². The van der Waals surface area contributed by atoms with Gasteiger partial charge in [0.05, 0.1) is 0 Å². The first-order chi connectivity index (χ1) is 9.52. The van der Waals surface area contributed by atoms with Gasteiger partial charge in [-0.3, -0.25) is 4.79 Å². The molecular weight excluding hydrogens is 250 g/mol. The maximum Gasteiger partial charge on any atom is 0.221 e. The van der Waals surface area contributed by atoms with Crippen LogP contribution < -0.4 is 10.6 Å². The molecule has 1 aliphatic rings. The number of hydrogen-bond acceptors (Lipinski definition) is 3. The van der Waals surface area contributed by atoms with Crippen molar-refractivity contribution in [3.8, 4) is 0 Å². The molecular formula is C16H33N3O. The lowest BCUT2D eigenvalue weighted by atomic mass is 9.90. The van der Waals surface area contributed by atoms with Crippen LogP contribution in [0.5, 0.6) is 0 Å². The largest absolute Gasteiger partial charge is 0.354 e. The third-order valence-corrected chi connectivity index (χ3v) is 4.15. The molecule has 0 bridgehead atoms. The Morgan fingerprint density at radius 1 is 1.25 bits per heavy atom. The van der Waals surface area contributed by atoms with E-state index < -0.39 is 0 Å². The fourth-order valence-corrected chi connectivity index (χ4v) is 2.97. The molecule has 1 fully saturated rings. The van der Waals surface area contributed by atoms with Gasteiger partial charge < -0.3 is 15.5 Å². The minimum Gasteiger partial charge on any atom is -0.354 e. The fraction of sp³-hybridized carbons (Fsp3) is 0.938. The van der Waals surface area contributed by atoms with Crippen LogP contribution in [0.25, 0.3) is 0 Å². The number of nitrogens with zero attached hydrogens (tertiary/aromatic N) is 1. The molecule has 1 amide bonds. The van der Waals surface area contributed by atoms with Crippen molar-refractivity contribution in [2.45, 2.75) is 65.5 Å². The molecule has 1 rings (SSSR count). The second kappa shape index (κ2) is 9.35. The summed E-state index contributed by atoms with van der Waals surface area (Å²) in [6, 6.07) is 0.758. The summed E-state index contributed by atoms with van der Waals surface area (Å²) in [6.07, 6.45) is 4.40. The highest BCUT2D eigenvalue weighted by atomic mass is 16.1. The van der Waals surface area contributed by atoms with Gasteiger partial charge in [-0.25, -0.2) is 0 Å². The third-order valence-electron chi connectivity index (χ3n) is 4.15. The molecule has 4 heteroatoms. The summed E-state index contributed by atoms with van der Waals surface area (Å²) in [5.74, 6) is 0.911. The number of nitrogens with one attached hydrogen (secondary N) is 2. The molecule has 1 unspecified atom stereocenters. The van der Waals surface area contributed by atoms with Gasteiger partial charge in [0.15, 0.2) is 0 Å². The molecule has 0 aromatic rings. The Morgan fingerprint density at radius 2 is 1.90 bits per heavy atom. The van der Waals surface area contributed by atoms with Gasteiger partial charge in [0.25, 0.3) is 0 Å². The number of piperidine rings is 1. The molecule has 118 valence electrons. The summed E-state index contributed by atoms with van der Waals surface area (Å²) in [5.41, 5.74) is 0. The summed E-state index contributed by atoms with van der Waals surface area (Å²) in [5, 5.41) is 6.45. The highest BCUT2D eigenvalue weighted by Crippen LogP contribution is 2.20. The van der Waals surface area contributed by atoms with E-state index in [9.17, 15) is 4.79 Å². The van der Waals surface area contributed by atoms with Crippen molar-refractivity contribution in [1.29, 1.82) is 0 Å². The monoisotopic (exact) mass is 283 g/mol. The normalized spacial score (nSPS) is 19.2. The minimum atomic E-state index is 0.150. The van der Waals surface area contributed by atoms with Crippen LogP contribution in [0.1, 0.15) is 53.4 Å². The quantitative estimate of drug-likeness (QED) is 0.716. The highest BCUT2D eigenvalue weighted by Gasteiger charge is 2.23. The van der Waals surface area contributed by atoms with E-state index in [2.05, 4.69) is 29.4 Å². The molecule has 1 saturated heterocycles. The summed E-state index contributed by atoms with van der Waals surface area (Å²) < 4.78 is 0. The van der Waals surface area contributed by atoms with E-state index in [0.717, 1.165) is 12.5 Å². The number of hydrogen-bond donors (Lipinski definition) is 2. The van der Waals surface area contributed by atoms with Crippen molar-refractivity contribution in [1.82, 2.24) is 15.5 Å². The Hall–Kier alpha value is -0.610. The Bertz CT molecular complexity index is 273. The van der Waals surface area contributed by atoms with Gasteiger partial charge in [0, 0.05) is 25.0 Å². The summed E-state index contributed by atoms with van der Waals surface area (Å²) >= 11 is 0. The third kappa shape index (κ3) is 6.71. The van der Waals surface area contributed by atoms with Gasteiger partial charge in [-0.05, 0) is 65.6 Å². The Morgan fingerprint density at radius 3 is 2.45 bits per heavy atom. The van der Waals surface area contributed by atoms with Crippen LogP contribution in [-0.2, 0) is 4.79 Å². The minimum absolute atomic E-state index is 0.150. The van der Waals surface area contributed by atoms with Crippen LogP contribution in [-0.4, -0.2) is 49.1 Å². The van der Waals surface area contributed by atoms with Crippen LogP contribution in [0.3, 0.4) is 0 Å². The molecule has 0 aliphatic carbocycles. The maximum atomic E-state index is 11.6. The van der Waals surface area contributed by atoms with Crippen molar-refractivity contribution in [2.75, 3.05) is 26.2 Å². The van der Waals surface area contributed by atoms with Gasteiger partial charge >= 0.3 is 0 Å². The molecule has 0 saturated carbocycles. The molecule has 1 atom stereocenters. The SMILES string of the molecule is CCCN1CCC(C(C)NCCC(=O)NC(C)C)CC1. The van der Waals surface area contributed by atoms with Gasteiger partial charge in [-0.2, -0.15) is 0 Å². The first kappa shape index (κ1) is 17.4. The second-order valence-corrected chi connectivity index (χ2v) is 6.39. The maximum absolute atomic E-state index is 11.6. The average molecular weight is 283 g/mol. The summed E-state index contributed by atoms with van der Waals surface area (Å²) in [6.45, 7) is 13.0. The average Bonchev–Trinajstić information content (AvgIpc) is 2.39. The molecule has 1 heterocycles. The van der Waals surface area contributed by atoms with Gasteiger partial charge in [0.2, 0.25) is 5.91 Å². The van der Waals surface area contributed by atoms with Gasteiger partial charge in [-0.1, -0.05) is 6.92 Å². The Kier molecular flexibility index (Phi) is 8.15. The predicted molar refractivity (Wildman–Crippen MR) is 84.8 cm³/mol. The van der Waals surface area contributed by atoms with E-state index in [1.807, 2.05) is 13.8 Å².